The lowest BCUT2D eigenvalue weighted by molar-refractivity contribution is -0.137. The molecule has 0 fully saturated rings. The van der Waals surface area contributed by atoms with Gasteiger partial charge in [-0.15, -0.1) is 10.2 Å². The Labute approximate surface area is 99.8 Å². The van der Waals surface area contributed by atoms with Crippen molar-refractivity contribution in [2.24, 2.45) is 5.84 Å². The smallest absolute Gasteiger partial charge is 0.291 e. The van der Waals surface area contributed by atoms with Crippen LogP contribution >= 0.6 is 0 Å². The number of nitrogens with one attached hydrogen (secondary N) is 1. The topological polar surface area (TPSA) is 76.7 Å². The number of aromatic nitrogens is 3. The zero-order valence-corrected chi connectivity index (χ0v) is 8.94. The molecule has 0 atom stereocenters. The summed E-state index contributed by atoms with van der Waals surface area (Å²) in [6.45, 7) is 0. The number of hydrogen-bond acceptors (Lipinski definition) is 5. The molecular formula is C10H8F3N5. The Morgan fingerprint density at radius 1 is 1.17 bits per heavy atom. The highest BCUT2D eigenvalue weighted by Gasteiger charge is 2.30. The Hall–Kier alpha value is -2.22. The predicted molar refractivity (Wildman–Crippen MR) is 58.1 cm³/mol. The Kier molecular flexibility index (Phi) is 3.11. The van der Waals surface area contributed by atoms with Gasteiger partial charge in [0.05, 0.1) is 11.8 Å². The number of nitrogen functional groups attached to an aromatic ring is 1. The Balaban J connectivity index is 2.38. The number of nitrogens with zero attached hydrogens (tertiary/aromatic N) is 3. The van der Waals surface area contributed by atoms with Crippen LogP contribution in [0.1, 0.15) is 5.56 Å². The van der Waals surface area contributed by atoms with E-state index in [9.17, 15) is 13.2 Å². The van der Waals surface area contributed by atoms with Crippen LogP contribution in [0.3, 0.4) is 0 Å². The second-order valence-electron chi connectivity index (χ2n) is 3.39. The van der Waals surface area contributed by atoms with Crippen molar-refractivity contribution in [3.8, 4) is 11.3 Å². The molecule has 1 heterocycles. The number of hydrogen-bond donors (Lipinski definition) is 2. The molecule has 3 N–H and O–H groups in total. The van der Waals surface area contributed by atoms with Gasteiger partial charge in [0.25, 0.3) is 5.95 Å². The van der Waals surface area contributed by atoms with Crippen molar-refractivity contribution in [2.45, 2.75) is 6.18 Å². The fourth-order valence-corrected chi connectivity index (χ4v) is 1.33. The molecule has 5 nitrogen and oxygen atoms in total. The maximum absolute atomic E-state index is 12.5. The maximum Gasteiger partial charge on any atom is 0.416 e. The normalized spacial score (nSPS) is 11.3. The average molecular weight is 255 g/mol. The molecule has 0 amide bonds. The van der Waals surface area contributed by atoms with E-state index >= 15 is 0 Å². The van der Waals surface area contributed by atoms with E-state index in [2.05, 4.69) is 20.6 Å². The van der Waals surface area contributed by atoms with Gasteiger partial charge in [0.1, 0.15) is 5.69 Å². The van der Waals surface area contributed by atoms with Crippen LogP contribution in [0.25, 0.3) is 11.3 Å². The van der Waals surface area contributed by atoms with Crippen LogP contribution in [0.15, 0.2) is 30.5 Å². The van der Waals surface area contributed by atoms with Crippen molar-refractivity contribution in [3.05, 3.63) is 36.0 Å². The van der Waals surface area contributed by atoms with Gasteiger partial charge in [-0.25, -0.2) is 10.8 Å². The maximum atomic E-state index is 12.5. The third kappa shape index (κ3) is 2.54. The van der Waals surface area contributed by atoms with E-state index < -0.39 is 11.7 Å². The van der Waals surface area contributed by atoms with Crippen LogP contribution in [0, 0.1) is 0 Å². The number of alkyl halides is 3. The minimum Gasteiger partial charge on any atom is -0.291 e. The average Bonchev–Trinajstić information content (AvgIpc) is 2.38. The zero-order valence-electron chi connectivity index (χ0n) is 8.94. The Morgan fingerprint density at radius 2 is 1.94 bits per heavy atom. The fourth-order valence-electron chi connectivity index (χ4n) is 1.33. The summed E-state index contributed by atoms with van der Waals surface area (Å²) in [6, 6.07) is 4.77. The fraction of sp³-hybridized carbons (Fsp3) is 0.100. The predicted octanol–water partition coefficient (Wildman–Crippen LogP) is 1.84. The molecule has 1 aromatic heterocycles. The minimum atomic E-state index is -4.39. The van der Waals surface area contributed by atoms with Gasteiger partial charge in [0, 0.05) is 5.56 Å². The van der Waals surface area contributed by atoms with Crippen molar-refractivity contribution in [1.82, 2.24) is 15.2 Å². The molecule has 0 aliphatic carbocycles. The molecule has 0 saturated heterocycles. The van der Waals surface area contributed by atoms with Crippen LogP contribution in [0.2, 0.25) is 0 Å². The number of hydrazine groups is 1. The lowest BCUT2D eigenvalue weighted by atomic mass is 10.1. The van der Waals surface area contributed by atoms with Crippen LogP contribution in [-0.4, -0.2) is 15.2 Å². The highest BCUT2D eigenvalue weighted by atomic mass is 19.4. The van der Waals surface area contributed by atoms with Gasteiger partial charge in [-0.2, -0.15) is 13.2 Å². The SMILES string of the molecule is NNc1ncc(-c2cccc(C(F)(F)F)c2)nn1. The third-order valence-electron chi connectivity index (χ3n) is 2.18. The Bertz CT molecular complexity index is 538. The minimum absolute atomic E-state index is 0.0886. The summed E-state index contributed by atoms with van der Waals surface area (Å²) in [6.07, 6.45) is -3.10. The summed E-state index contributed by atoms with van der Waals surface area (Å²) < 4.78 is 37.6. The van der Waals surface area contributed by atoms with Crippen LogP contribution in [0.5, 0.6) is 0 Å². The zero-order chi connectivity index (χ0) is 13.2. The second-order valence-corrected chi connectivity index (χ2v) is 3.39. The van der Waals surface area contributed by atoms with E-state index in [1.54, 1.807) is 0 Å². The highest BCUT2D eigenvalue weighted by Crippen LogP contribution is 2.31. The molecule has 0 saturated carbocycles. The first-order valence-electron chi connectivity index (χ1n) is 4.84. The summed E-state index contributed by atoms with van der Waals surface area (Å²) in [4.78, 5) is 3.77. The van der Waals surface area contributed by atoms with E-state index in [1.165, 1.54) is 18.3 Å². The highest BCUT2D eigenvalue weighted by molar-refractivity contribution is 5.59. The van der Waals surface area contributed by atoms with E-state index in [4.69, 9.17) is 5.84 Å². The number of rotatable bonds is 2. The molecule has 18 heavy (non-hydrogen) atoms. The van der Waals surface area contributed by atoms with Crippen LogP contribution in [-0.2, 0) is 6.18 Å². The first kappa shape index (κ1) is 12.2. The molecular weight excluding hydrogens is 247 g/mol. The molecule has 2 aromatic rings. The lowest BCUT2D eigenvalue weighted by Gasteiger charge is -2.08. The molecule has 0 radical (unpaired) electrons. The number of benzene rings is 1. The van der Waals surface area contributed by atoms with Gasteiger partial charge >= 0.3 is 6.18 Å². The monoisotopic (exact) mass is 255 g/mol. The quantitative estimate of drug-likeness (QED) is 0.632. The molecule has 0 aliphatic heterocycles. The van der Waals surface area contributed by atoms with Crippen molar-refractivity contribution < 1.29 is 13.2 Å². The summed E-state index contributed by atoms with van der Waals surface area (Å²) in [7, 11) is 0. The van der Waals surface area contributed by atoms with Gasteiger partial charge in [0.15, 0.2) is 0 Å². The summed E-state index contributed by atoms with van der Waals surface area (Å²) in [5.74, 6) is 5.14. The lowest BCUT2D eigenvalue weighted by Crippen LogP contribution is -2.11. The second kappa shape index (κ2) is 4.57. The molecule has 0 unspecified atom stereocenters. The number of nitrogens with two attached hydrogens (primary N) is 1. The third-order valence-corrected chi connectivity index (χ3v) is 2.18. The number of anilines is 1. The van der Waals surface area contributed by atoms with Gasteiger partial charge in [0.2, 0.25) is 0 Å². The number of halogens is 3. The molecule has 2 rings (SSSR count). The van der Waals surface area contributed by atoms with Crippen molar-refractivity contribution in [3.63, 3.8) is 0 Å². The van der Waals surface area contributed by atoms with Gasteiger partial charge in [-0.3, -0.25) is 5.43 Å². The first-order valence-corrected chi connectivity index (χ1v) is 4.84. The van der Waals surface area contributed by atoms with E-state index in [0.29, 0.717) is 0 Å². The molecule has 1 aromatic carbocycles. The molecule has 0 spiro atoms. The van der Waals surface area contributed by atoms with Crippen LogP contribution in [0.4, 0.5) is 19.1 Å². The van der Waals surface area contributed by atoms with Gasteiger partial charge in [-0.1, -0.05) is 12.1 Å². The molecule has 0 aliphatic rings. The standard InChI is InChI=1S/C10H8F3N5/c11-10(12,13)7-3-1-2-6(4-7)8-5-15-9(16-14)18-17-8/h1-5H,14H2,(H,15,16,18). The van der Waals surface area contributed by atoms with Gasteiger partial charge < -0.3 is 0 Å². The van der Waals surface area contributed by atoms with Gasteiger partial charge in [-0.05, 0) is 12.1 Å². The van der Waals surface area contributed by atoms with Crippen molar-refractivity contribution in [1.29, 1.82) is 0 Å². The van der Waals surface area contributed by atoms with E-state index in [1.807, 2.05) is 0 Å². The summed E-state index contributed by atoms with van der Waals surface area (Å²) in [5.41, 5.74) is 1.95. The Morgan fingerprint density at radius 3 is 2.50 bits per heavy atom. The summed E-state index contributed by atoms with van der Waals surface area (Å²) in [5, 5.41) is 7.31. The largest absolute Gasteiger partial charge is 0.416 e. The van der Waals surface area contributed by atoms with E-state index in [-0.39, 0.29) is 17.2 Å². The molecule has 8 heteroatoms. The summed E-state index contributed by atoms with van der Waals surface area (Å²) >= 11 is 0. The van der Waals surface area contributed by atoms with E-state index in [0.717, 1.165) is 12.1 Å². The molecule has 94 valence electrons. The van der Waals surface area contributed by atoms with Crippen LogP contribution < -0.4 is 11.3 Å². The van der Waals surface area contributed by atoms with Crippen molar-refractivity contribution >= 4 is 5.95 Å². The van der Waals surface area contributed by atoms with Crippen molar-refractivity contribution in [2.75, 3.05) is 5.43 Å². The molecule has 0 bridgehead atoms. The first-order chi connectivity index (χ1) is 8.50.